The van der Waals surface area contributed by atoms with Crippen LogP contribution < -0.4 is 10.6 Å². The number of anilines is 2. The smallest absolute Gasteiger partial charge is 0.266 e. The molecule has 0 bridgehead atoms. The minimum Gasteiger partial charge on any atom is -0.397 e. The first-order valence-electron chi connectivity index (χ1n) is 12.1. The second-order valence-electron chi connectivity index (χ2n) is 9.00. The summed E-state index contributed by atoms with van der Waals surface area (Å²) in [6.07, 6.45) is 5.11. The van der Waals surface area contributed by atoms with Gasteiger partial charge < -0.3 is 25.2 Å². The van der Waals surface area contributed by atoms with Gasteiger partial charge in [0.05, 0.1) is 18.9 Å². The average Bonchev–Trinajstić information content (AvgIpc) is 3.15. The van der Waals surface area contributed by atoms with Gasteiger partial charge in [0.2, 0.25) is 0 Å². The third-order valence-electron chi connectivity index (χ3n) is 6.60. The predicted molar refractivity (Wildman–Crippen MR) is 133 cm³/mol. The molecule has 2 aromatic rings. The number of hydrogen-bond donors (Lipinski definition) is 1. The Hall–Kier alpha value is -1.90. The zero-order chi connectivity index (χ0) is 22.7. The second-order valence-corrected chi connectivity index (χ2v) is 10.0. The van der Waals surface area contributed by atoms with Crippen LogP contribution in [0.5, 0.6) is 0 Å². The summed E-state index contributed by atoms with van der Waals surface area (Å²) in [5, 5.41) is 1.02. The molecular formula is C24H37N5O2S. The lowest BCUT2D eigenvalue weighted by Gasteiger charge is -2.34. The first-order chi connectivity index (χ1) is 15.5. The lowest BCUT2D eigenvalue weighted by molar-refractivity contribution is 0.0757. The van der Waals surface area contributed by atoms with Crippen LogP contribution in [0, 0.1) is 0 Å². The van der Waals surface area contributed by atoms with Crippen molar-refractivity contribution < 1.29 is 9.53 Å². The van der Waals surface area contributed by atoms with Gasteiger partial charge in [0, 0.05) is 50.2 Å². The van der Waals surface area contributed by atoms with E-state index in [9.17, 15) is 4.79 Å². The molecule has 176 valence electrons. The molecule has 1 amide bonds. The average molecular weight is 460 g/mol. The van der Waals surface area contributed by atoms with Crippen LogP contribution in [-0.2, 0) is 17.7 Å². The van der Waals surface area contributed by atoms with Crippen molar-refractivity contribution in [2.75, 3.05) is 63.6 Å². The number of morpholine rings is 1. The number of ether oxygens (including phenoxy) is 1. The number of carbonyl (C=O) groups excluding carboxylic acids is 1. The minimum atomic E-state index is 0.0713. The van der Waals surface area contributed by atoms with E-state index in [-0.39, 0.29) is 5.91 Å². The van der Waals surface area contributed by atoms with Crippen molar-refractivity contribution in [3.8, 4) is 0 Å². The number of nitrogen functional groups attached to an aromatic ring is 1. The number of pyridine rings is 1. The van der Waals surface area contributed by atoms with Crippen molar-refractivity contribution in [1.29, 1.82) is 0 Å². The summed E-state index contributed by atoms with van der Waals surface area (Å²) in [5.74, 6) is 1.12. The first-order valence-corrected chi connectivity index (χ1v) is 12.9. The van der Waals surface area contributed by atoms with E-state index in [1.807, 2.05) is 4.90 Å². The lowest BCUT2D eigenvalue weighted by atomic mass is 9.96. The molecule has 2 aliphatic rings. The van der Waals surface area contributed by atoms with Crippen molar-refractivity contribution in [2.24, 2.45) is 0 Å². The van der Waals surface area contributed by atoms with Gasteiger partial charge in [-0.1, -0.05) is 26.7 Å². The maximum atomic E-state index is 13.5. The molecule has 7 nitrogen and oxygen atoms in total. The molecule has 1 fully saturated rings. The summed E-state index contributed by atoms with van der Waals surface area (Å²) in [4.78, 5) is 26.9. The van der Waals surface area contributed by atoms with Crippen LogP contribution in [0.3, 0.4) is 0 Å². The molecule has 2 aliphatic heterocycles. The molecule has 0 atom stereocenters. The summed E-state index contributed by atoms with van der Waals surface area (Å²) in [6.45, 7) is 10.9. The van der Waals surface area contributed by atoms with Gasteiger partial charge in [-0.15, -0.1) is 11.3 Å². The van der Waals surface area contributed by atoms with Crippen LogP contribution >= 0.6 is 11.3 Å². The fourth-order valence-electron chi connectivity index (χ4n) is 4.70. The first kappa shape index (κ1) is 23.3. The highest BCUT2D eigenvalue weighted by molar-refractivity contribution is 7.21. The van der Waals surface area contributed by atoms with Gasteiger partial charge in [0.25, 0.3) is 5.91 Å². The zero-order valence-corrected chi connectivity index (χ0v) is 20.6. The second kappa shape index (κ2) is 10.4. The van der Waals surface area contributed by atoms with Crippen molar-refractivity contribution in [3.63, 3.8) is 0 Å². The standard InChI is InChI=1S/C24H37N5O2S/c1-4-6-9-29(10-7-5-2)24(30)21-20(25)19-17-8-11-27(3)16-18(17)22(26-23(19)32-21)28-12-14-31-15-13-28/h4-16,25H2,1-3H3. The number of likely N-dealkylation sites (N-methyl/N-ethyl adjacent to an activating group) is 1. The monoisotopic (exact) mass is 459 g/mol. The number of carbonyl (C=O) groups is 1. The topological polar surface area (TPSA) is 74.9 Å². The molecule has 0 aromatic carbocycles. The maximum Gasteiger partial charge on any atom is 0.266 e. The van der Waals surface area contributed by atoms with E-state index in [0.29, 0.717) is 10.6 Å². The summed E-state index contributed by atoms with van der Waals surface area (Å²) < 4.78 is 5.57. The Balaban J connectivity index is 1.77. The van der Waals surface area contributed by atoms with Crippen molar-refractivity contribution in [1.82, 2.24) is 14.8 Å². The van der Waals surface area contributed by atoms with Gasteiger partial charge in [0.1, 0.15) is 15.5 Å². The van der Waals surface area contributed by atoms with E-state index in [1.165, 1.54) is 22.5 Å². The molecule has 8 heteroatoms. The van der Waals surface area contributed by atoms with Crippen LogP contribution in [0.4, 0.5) is 11.5 Å². The van der Waals surface area contributed by atoms with Crippen molar-refractivity contribution in [2.45, 2.75) is 52.5 Å². The molecule has 0 saturated carbocycles. The van der Waals surface area contributed by atoms with E-state index in [4.69, 9.17) is 15.5 Å². The number of fused-ring (bicyclic) bond motifs is 3. The van der Waals surface area contributed by atoms with Gasteiger partial charge in [-0.2, -0.15) is 0 Å². The maximum absolute atomic E-state index is 13.5. The quantitative estimate of drug-likeness (QED) is 0.648. The summed E-state index contributed by atoms with van der Waals surface area (Å²) in [5.41, 5.74) is 9.89. The molecule has 2 N–H and O–H groups in total. The number of rotatable bonds is 8. The summed E-state index contributed by atoms with van der Waals surface area (Å²) >= 11 is 1.48. The van der Waals surface area contributed by atoms with Crippen molar-refractivity contribution >= 4 is 39.0 Å². The fourth-order valence-corrected chi connectivity index (χ4v) is 5.79. The summed E-state index contributed by atoms with van der Waals surface area (Å²) in [6, 6.07) is 0. The molecule has 32 heavy (non-hydrogen) atoms. The van der Waals surface area contributed by atoms with E-state index in [1.54, 1.807) is 0 Å². The highest BCUT2D eigenvalue weighted by Gasteiger charge is 2.30. The Morgan fingerprint density at radius 2 is 1.81 bits per heavy atom. The van der Waals surface area contributed by atoms with Gasteiger partial charge in [-0.05, 0) is 31.9 Å². The van der Waals surface area contributed by atoms with Crippen molar-refractivity contribution in [3.05, 3.63) is 16.0 Å². The van der Waals surface area contributed by atoms with Gasteiger partial charge in [-0.25, -0.2) is 4.98 Å². The van der Waals surface area contributed by atoms with Crippen LogP contribution in [0.25, 0.3) is 10.2 Å². The van der Waals surface area contributed by atoms with Gasteiger partial charge in [-0.3, -0.25) is 4.79 Å². The minimum absolute atomic E-state index is 0.0713. The van der Waals surface area contributed by atoms with Gasteiger partial charge >= 0.3 is 0 Å². The fraction of sp³-hybridized carbons (Fsp3) is 0.667. The largest absolute Gasteiger partial charge is 0.397 e. The highest BCUT2D eigenvalue weighted by atomic mass is 32.1. The van der Waals surface area contributed by atoms with Crippen LogP contribution in [0.2, 0.25) is 0 Å². The summed E-state index contributed by atoms with van der Waals surface area (Å²) in [7, 11) is 2.15. The Labute approximate surface area is 195 Å². The van der Waals surface area contributed by atoms with E-state index in [2.05, 4.69) is 30.7 Å². The number of nitrogens with two attached hydrogens (primary N) is 1. The van der Waals surface area contributed by atoms with Crippen LogP contribution in [-0.4, -0.2) is 73.7 Å². The van der Waals surface area contributed by atoms with Crippen LogP contribution in [0.1, 0.15) is 60.3 Å². The Bertz CT molecular complexity index is 946. The number of aromatic nitrogens is 1. The third kappa shape index (κ3) is 4.58. The van der Waals surface area contributed by atoms with E-state index >= 15 is 0 Å². The normalized spacial score (nSPS) is 17.0. The number of nitrogens with zero attached hydrogens (tertiary/aromatic N) is 4. The molecule has 4 rings (SSSR count). The van der Waals surface area contributed by atoms with E-state index in [0.717, 1.165) is 101 Å². The Kier molecular flexibility index (Phi) is 7.53. The van der Waals surface area contributed by atoms with E-state index < -0.39 is 0 Å². The molecule has 1 saturated heterocycles. The molecular weight excluding hydrogens is 422 g/mol. The Morgan fingerprint density at radius 1 is 1.12 bits per heavy atom. The molecule has 0 spiro atoms. The molecule has 2 aromatic heterocycles. The number of hydrogen-bond acceptors (Lipinski definition) is 7. The SMILES string of the molecule is CCCCN(CCCC)C(=O)c1sc2nc(N3CCOCC3)c3c(c2c1N)CCN(C)C3. The zero-order valence-electron chi connectivity index (χ0n) is 19.8. The highest BCUT2D eigenvalue weighted by Crippen LogP contribution is 2.41. The number of amides is 1. The van der Waals surface area contributed by atoms with Gasteiger partial charge in [0.15, 0.2) is 0 Å². The molecule has 4 heterocycles. The predicted octanol–water partition coefficient (Wildman–Crippen LogP) is 3.75. The third-order valence-corrected chi connectivity index (χ3v) is 7.68. The molecule has 0 unspecified atom stereocenters. The number of unbranched alkanes of at least 4 members (excludes halogenated alkanes) is 2. The number of thiophene rings is 1. The molecule has 0 radical (unpaired) electrons. The Morgan fingerprint density at radius 3 is 2.47 bits per heavy atom. The molecule has 0 aliphatic carbocycles. The lowest BCUT2D eigenvalue weighted by Crippen LogP contribution is -2.39. The van der Waals surface area contributed by atoms with Crippen LogP contribution in [0.15, 0.2) is 0 Å².